The van der Waals surface area contributed by atoms with Gasteiger partial charge in [0.1, 0.15) is 10.4 Å². The lowest BCUT2D eigenvalue weighted by molar-refractivity contribution is 0.0697. The van der Waals surface area contributed by atoms with Gasteiger partial charge < -0.3 is 10.0 Å². The van der Waals surface area contributed by atoms with E-state index in [1.54, 1.807) is 4.40 Å². The Morgan fingerprint density at radius 2 is 1.93 bits per heavy atom. The number of rotatable bonds is 2. The van der Waals surface area contributed by atoms with Crippen molar-refractivity contribution in [2.75, 3.05) is 25.0 Å². The van der Waals surface area contributed by atoms with Crippen molar-refractivity contribution in [3.63, 3.8) is 0 Å². The number of likely N-dealkylation sites (N-methyl/N-ethyl adjacent to an activating group) is 1. The van der Waals surface area contributed by atoms with E-state index >= 15 is 0 Å². The molecule has 1 N–H and O–H groups in total. The summed E-state index contributed by atoms with van der Waals surface area (Å²) >= 11 is 1.30. The van der Waals surface area contributed by atoms with Crippen LogP contribution >= 0.6 is 11.3 Å². The predicted octanol–water partition coefficient (Wildman–Crippen LogP) is 2.44. The van der Waals surface area contributed by atoms with Gasteiger partial charge in [-0.2, -0.15) is 4.98 Å². The van der Waals surface area contributed by atoms with Crippen LogP contribution < -0.4 is 10.3 Å². The van der Waals surface area contributed by atoms with Gasteiger partial charge in [-0.05, 0) is 32.0 Å². The molecule has 2 aliphatic heterocycles. The molecular formula is C21H19N5O3S. The minimum atomic E-state index is -1.23. The molecule has 0 spiro atoms. The van der Waals surface area contributed by atoms with Crippen LogP contribution in [0.3, 0.4) is 0 Å². The molecule has 5 heterocycles. The molecule has 4 aromatic rings. The van der Waals surface area contributed by atoms with Crippen LogP contribution in [-0.4, -0.2) is 62.6 Å². The van der Waals surface area contributed by atoms with Gasteiger partial charge in [-0.3, -0.25) is 14.1 Å². The molecule has 0 radical (unpaired) electrons. The number of pyridine rings is 1. The van der Waals surface area contributed by atoms with Crippen LogP contribution in [0.15, 0.2) is 35.3 Å². The molecule has 30 heavy (non-hydrogen) atoms. The van der Waals surface area contributed by atoms with Gasteiger partial charge in [-0.25, -0.2) is 9.78 Å². The Morgan fingerprint density at radius 1 is 1.20 bits per heavy atom. The molecule has 0 aliphatic carbocycles. The highest BCUT2D eigenvalue weighted by molar-refractivity contribution is 7.24. The number of carboxylic acids is 1. The van der Waals surface area contributed by atoms with E-state index in [0.717, 1.165) is 23.3 Å². The topological polar surface area (TPSA) is 91.0 Å². The first kappa shape index (κ1) is 17.8. The highest BCUT2D eigenvalue weighted by atomic mass is 32.1. The third-order valence-electron chi connectivity index (χ3n) is 6.51. The molecule has 0 amide bonds. The Labute approximate surface area is 175 Å². The van der Waals surface area contributed by atoms with E-state index in [4.69, 9.17) is 4.98 Å². The van der Waals surface area contributed by atoms with E-state index in [1.807, 2.05) is 24.3 Å². The molecule has 2 unspecified atom stereocenters. The largest absolute Gasteiger partial charge is 0.477 e. The fourth-order valence-corrected chi connectivity index (χ4v) is 6.08. The van der Waals surface area contributed by atoms with Gasteiger partial charge in [0.2, 0.25) is 11.4 Å². The van der Waals surface area contributed by atoms with Crippen molar-refractivity contribution in [2.45, 2.75) is 24.9 Å². The molecule has 2 aliphatic rings. The summed E-state index contributed by atoms with van der Waals surface area (Å²) in [7, 11) is 2.18. The monoisotopic (exact) mass is 421 g/mol. The number of hydrogen-bond acceptors (Lipinski definition) is 7. The maximum Gasteiger partial charge on any atom is 0.342 e. The van der Waals surface area contributed by atoms with Crippen LogP contribution in [0.5, 0.6) is 0 Å². The Kier molecular flexibility index (Phi) is 3.69. The van der Waals surface area contributed by atoms with Crippen molar-refractivity contribution in [3.05, 3.63) is 46.2 Å². The van der Waals surface area contributed by atoms with Crippen LogP contribution in [0.4, 0.5) is 5.95 Å². The number of fused-ring (bicyclic) bond motifs is 7. The van der Waals surface area contributed by atoms with Crippen molar-refractivity contribution in [1.29, 1.82) is 0 Å². The highest BCUT2D eigenvalue weighted by Crippen LogP contribution is 2.33. The molecule has 152 valence electrons. The molecule has 1 aromatic carbocycles. The molecule has 8 nitrogen and oxygen atoms in total. The van der Waals surface area contributed by atoms with Crippen LogP contribution in [0.25, 0.3) is 26.1 Å². The Morgan fingerprint density at radius 3 is 2.67 bits per heavy atom. The van der Waals surface area contributed by atoms with Crippen LogP contribution in [0.1, 0.15) is 23.2 Å². The summed E-state index contributed by atoms with van der Waals surface area (Å²) < 4.78 is 2.71. The number of carboxylic acid groups (broad SMARTS) is 1. The van der Waals surface area contributed by atoms with Gasteiger partial charge in [-0.1, -0.05) is 12.1 Å². The fourth-order valence-electron chi connectivity index (χ4n) is 4.90. The summed E-state index contributed by atoms with van der Waals surface area (Å²) in [5.41, 5.74) is 0.550. The number of para-hydroxylation sites is 1. The van der Waals surface area contributed by atoms with Crippen molar-refractivity contribution < 1.29 is 9.90 Å². The number of benzene rings is 1. The normalized spacial score (nSPS) is 21.8. The zero-order chi connectivity index (χ0) is 20.6. The van der Waals surface area contributed by atoms with Gasteiger partial charge in [0.05, 0.1) is 15.6 Å². The summed E-state index contributed by atoms with van der Waals surface area (Å²) in [6.45, 7) is 1.71. The predicted molar refractivity (Wildman–Crippen MR) is 116 cm³/mol. The molecule has 0 saturated carbocycles. The number of aromatic nitrogens is 3. The van der Waals surface area contributed by atoms with Crippen molar-refractivity contribution in [2.24, 2.45) is 0 Å². The van der Waals surface area contributed by atoms with Gasteiger partial charge in [0.25, 0.3) is 0 Å². The van der Waals surface area contributed by atoms with Gasteiger partial charge in [0.15, 0.2) is 5.65 Å². The second-order valence-electron chi connectivity index (χ2n) is 8.08. The lowest BCUT2D eigenvalue weighted by Crippen LogP contribution is -2.52. The third-order valence-corrected chi connectivity index (χ3v) is 7.66. The lowest BCUT2D eigenvalue weighted by atomic mass is 10.2. The number of anilines is 1. The molecule has 9 heteroatoms. The van der Waals surface area contributed by atoms with Crippen molar-refractivity contribution in [1.82, 2.24) is 19.3 Å². The molecule has 3 aromatic heterocycles. The van der Waals surface area contributed by atoms with Gasteiger partial charge in [-0.15, -0.1) is 11.3 Å². The first-order valence-electron chi connectivity index (χ1n) is 9.96. The zero-order valence-electron chi connectivity index (χ0n) is 16.3. The summed E-state index contributed by atoms with van der Waals surface area (Å²) in [4.78, 5) is 39.3. The smallest absolute Gasteiger partial charge is 0.342 e. The van der Waals surface area contributed by atoms with E-state index in [0.29, 0.717) is 28.5 Å². The number of hydrogen-bond donors (Lipinski definition) is 1. The fraction of sp³-hybridized carbons (Fsp3) is 0.333. The van der Waals surface area contributed by atoms with E-state index in [9.17, 15) is 14.7 Å². The molecular weight excluding hydrogens is 402 g/mol. The quantitative estimate of drug-likeness (QED) is 0.532. The average Bonchev–Trinajstić information content (AvgIpc) is 3.18. The van der Waals surface area contributed by atoms with Gasteiger partial charge in [0, 0.05) is 31.4 Å². The van der Waals surface area contributed by atoms with E-state index < -0.39 is 11.4 Å². The maximum atomic E-state index is 13.0. The van der Waals surface area contributed by atoms with E-state index in [-0.39, 0.29) is 10.9 Å². The summed E-state index contributed by atoms with van der Waals surface area (Å²) in [5, 5.41) is 9.97. The minimum absolute atomic E-state index is 0.224. The first-order chi connectivity index (χ1) is 14.5. The second-order valence-corrected chi connectivity index (χ2v) is 9.11. The van der Waals surface area contributed by atoms with Gasteiger partial charge >= 0.3 is 5.97 Å². The number of thiazole rings is 1. The van der Waals surface area contributed by atoms with E-state index in [2.05, 4.69) is 21.8 Å². The second kappa shape index (κ2) is 6.23. The average molecular weight is 421 g/mol. The third kappa shape index (κ3) is 2.36. The Bertz CT molecular complexity index is 1400. The molecule has 2 fully saturated rings. The van der Waals surface area contributed by atoms with E-state index in [1.165, 1.54) is 30.4 Å². The Hall–Kier alpha value is -3.04. The zero-order valence-corrected chi connectivity index (χ0v) is 17.1. The lowest BCUT2D eigenvalue weighted by Gasteiger charge is -2.38. The van der Waals surface area contributed by atoms with Crippen molar-refractivity contribution >= 4 is 49.3 Å². The molecule has 2 atom stereocenters. The molecule has 2 saturated heterocycles. The van der Waals surface area contributed by atoms with Crippen LogP contribution in [0.2, 0.25) is 0 Å². The number of aromatic carboxylic acids is 1. The van der Waals surface area contributed by atoms with Crippen LogP contribution in [0, 0.1) is 0 Å². The minimum Gasteiger partial charge on any atom is -0.477 e. The molecule has 6 rings (SSSR count). The number of piperazine rings is 1. The summed E-state index contributed by atoms with van der Waals surface area (Å²) in [5.74, 6) is -0.635. The highest BCUT2D eigenvalue weighted by Gasteiger charge is 2.38. The summed E-state index contributed by atoms with van der Waals surface area (Å²) in [6, 6.07) is 8.63. The first-order valence-corrected chi connectivity index (χ1v) is 10.8. The number of nitrogens with zero attached hydrogens (tertiary/aromatic N) is 5. The standard InChI is InChI=1S/C21H19N5O3S/c1-24-11-6-7-12(24)10-25(9-11)21-22-8-13-17(27)16(20(28)29)19-26(18(13)23-21)14-4-2-3-5-15(14)30-19/h2-5,8,11-12H,6-7,9-10H2,1H3,(H,28,29). The maximum absolute atomic E-state index is 13.0. The Balaban J connectivity index is 1.64. The number of carbonyl (C=O) groups is 1. The molecule has 2 bridgehead atoms. The van der Waals surface area contributed by atoms with Crippen LogP contribution in [-0.2, 0) is 0 Å². The van der Waals surface area contributed by atoms with Crippen molar-refractivity contribution in [3.8, 4) is 0 Å². The summed E-state index contributed by atoms with van der Waals surface area (Å²) in [6.07, 6.45) is 3.84. The SMILES string of the molecule is CN1C2CCC1CN(c1ncc3c(=O)c(C(=O)O)c4sc5ccccc5n4c3n1)C2.